The van der Waals surface area contributed by atoms with E-state index >= 15 is 0 Å². The number of nitrogens with zero attached hydrogens (tertiary/aromatic N) is 4. The number of pyridine rings is 1. The number of nitrogens with one attached hydrogen (secondary N) is 2. The van der Waals surface area contributed by atoms with Crippen molar-refractivity contribution in [3.8, 4) is 0 Å². The second kappa shape index (κ2) is 10.4. The summed E-state index contributed by atoms with van der Waals surface area (Å²) in [5, 5.41) is 6.67. The number of aliphatic imine (C=N–C) groups is 1. The van der Waals surface area contributed by atoms with E-state index in [2.05, 4.69) is 22.5 Å². The minimum absolute atomic E-state index is 0.00861. The number of rotatable bonds is 7. The molecule has 2 aromatic rings. The number of halogens is 2. The van der Waals surface area contributed by atoms with Crippen LogP contribution in [0.5, 0.6) is 0 Å². The average molecular weight is 662 g/mol. The molecule has 40 heavy (non-hydrogen) atoms. The van der Waals surface area contributed by atoms with E-state index in [1.807, 2.05) is 26.1 Å². The van der Waals surface area contributed by atoms with E-state index < -0.39 is 12.1 Å². The summed E-state index contributed by atoms with van der Waals surface area (Å²) < 4.78 is 16.3. The molecular weight excluding hydrogens is 626 g/mol. The van der Waals surface area contributed by atoms with Gasteiger partial charge in [-0.1, -0.05) is 0 Å². The number of aromatic nitrogens is 2. The van der Waals surface area contributed by atoms with Crippen LogP contribution in [0, 0.1) is 6.92 Å². The molecule has 5 atom stereocenters. The number of fused-ring (bicyclic) bond motifs is 2. The number of allylic oxidation sites excluding steroid dienone is 2. The topological polar surface area (TPSA) is 109 Å². The van der Waals surface area contributed by atoms with Crippen molar-refractivity contribution in [2.75, 3.05) is 0 Å². The van der Waals surface area contributed by atoms with Crippen LogP contribution in [0.25, 0.3) is 16.5 Å². The van der Waals surface area contributed by atoms with E-state index in [0.29, 0.717) is 34.5 Å². The number of alkyl halides is 2. The zero-order valence-corrected chi connectivity index (χ0v) is 26.0. The Morgan fingerprint density at radius 2 is 2.02 bits per heavy atom. The zero-order chi connectivity index (χ0) is 29.1. The van der Waals surface area contributed by atoms with E-state index in [1.54, 1.807) is 42.6 Å². The number of carbonyl (C=O) groups is 3. The van der Waals surface area contributed by atoms with Crippen LogP contribution in [0.15, 0.2) is 34.9 Å². The molecule has 0 aliphatic carbocycles. The second-order valence-corrected chi connectivity index (χ2v) is 15.5. The molecule has 0 aromatic carbocycles. The van der Waals surface area contributed by atoms with Crippen molar-refractivity contribution in [3.63, 3.8) is 0 Å². The molecular formula is C29H35FIN6O3-. The van der Waals surface area contributed by atoms with Crippen molar-refractivity contribution in [1.29, 1.82) is 0 Å². The van der Waals surface area contributed by atoms with E-state index in [-0.39, 0.29) is 64.8 Å². The summed E-state index contributed by atoms with van der Waals surface area (Å²) in [6.07, 6.45) is 5.91. The number of carbonyl (C=O) groups excluding carboxylic acids is 3. The van der Waals surface area contributed by atoms with Gasteiger partial charge in [-0.15, -0.1) is 0 Å². The fourth-order valence-corrected chi connectivity index (χ4v) is 8.97. The van der Waals surface area contributed by atoms with Gasteiger partial charge in [0.15, 0.2) is 0 Å². The third kappa shape index (κ3) is 5.08. The van der Waals surface area contributed by atoms with Gasteiger partial charge in [0.05, 0.1) is 0 Å². The van der Waals surface area contributed by atoms with Crippen LogP contribution in [-0.4, -0.2) is 64.0 Å². The molecule has 2 fully saturated rings. The van der Waals surface area contributed by atoms with Gasteiger partial charge in [-0.05, 0) is 6.92 Å². The maximum absolute atomic E-state index is 14.4. The van der Waals surface area contributed by atoms with E-state index in [0.717, 1.165) is 11.0 Å². The van der Waals surface area contributed by atoms with Gasteiger partial charge in [0.2, 0.25) is 0 Å². The van der Waals surface area contributed by atoms with Crippen molar-refractivity contribution >= 4 is 40.3 Å². The van der Waals surface area contributed by atoms with Crippen LogP contribution in [0.1, 0.15) is 69.7 Å². The molecule has 214 valence electrons. The van der Waals surface area contributed by atoms with Gasteiger partial charge in [0, 0.05) is 0 Å². The molecule has 0 saturated carbocycles. The predicted octanol–water partition coefficient (Wildman–Crippen LogP) is 0.465. The fraction of sp³-hybridized carbons (Fsp3) is 0.483. The van der Waals surface area contributed by atoms with Crippen LogP contribution in [0.4, 0.5) is 4.39 Å². The second-order valence-electron chi connectivity index (χ2n) is 11.3. The molecule has 0 bridgehead atoms. The quantitative estimate of drug-likeness (QED) is 0.194. The van der Waals surface area contributed by atoms with Gasteiger partial charge < -0.3 is 0 Å². The van der Waals surface area contributed by atoms with Gasteiger partial charge in [0.25, 0.3) is 0 Å². The molecule has 5 rings (SSSR count). The Balaban J connectivity index is 1.45. The molecule has 0 spiro atoms. The van der Waals surface area contributed by atoms with E-state index in [1.165, 1.54) is 6.92 Å². The van der Waals surface area contributed by atoms with Crippen molar-refractivity contribution in [2.24, 2.45) is 4.99 Å². The third-order valence-corrected chi connectivity index (χ3v) is 12.1. The molecule has 11 heteroatoms. The van der Waals surface area contributed by atoms with Crippen LogP contribution in [0.2, 0.25) is 0 Å². The Morgan fingerprint density at radius 1 is 1.30 bits per heavy atom. The van der Waals surface area contributed by atoms with Gasteiger partial charge in [0.1, 0.15) is 6.17 Å². The van der Waals surface area contributed by atoms with Crippen LogP contribution in [0.3, 0.4) is 0 Å². The number of amides is 2. The van der Waals surface area contributed by atoms with Crippen LogP contribution >= 0.6 is 0 Å². The molecule has 3 aliphatic heterocycles. The summed E-state index contributed by atoms with van der Waals surface area (Å²) in [6.45, 7) is 12.4. The summed E-state index contributed by atoms with van der Waals surface area (Å²) in [5.74, 6) is -0.992. The molecule has 1 unspecified atom stereocenters. The normalized spacial score (nSPS) is 25.9. The summed E-state index contributed by atoms with van der Waals surface area (Å²) in [5.41, 5.74) is 3.92. The summed E-state index contributed by atoms with van der Waals surface area (Å²) in [7, 11) is 0. The zero-order valence-electron chi connectivity index (χ0n) is 23.8. The molecule has 2 aromatic heterocycles. The van der Waals surface area contributed by atoms with Crippen LogP contribution < -0.4 is 31.8 Å². The Hall–Kier alpha value is -3.09. The van der Waals surface area contributed by atoms with E-state index in [9.17, 15) is 18.8 Å². The SMILES string of the molecule is CC(=O)c1cn(CC(=O)N2[C@H](C(=O)N[C@@H](C)C(F)=C(C)C)C[C@@]3(C)[I-][C@@H]23)c2c(C)nc(C3=CNC(C)N=C3)cc12. The molecule has 0 radical (unpaired) electrons. The summed E-state index contributed by atoms with van der Waals surface area (Å²) in [6, 6.07) is 0.464. The summed E-state index contributed by atoms with van der Waals surface area (Å²) >= 11 is -0.254. The van der Waals surface area contributed by atoms with Gasteiger partial charge in [-0.3, -0.25) is 0 Å². The number of Topliss-reactive ketones (excluding diaryl/α,β-unsaturated/α-hetero) is 1. The molecule has 9 nitrogen and oxygen atoms in total. The Morgan fingerprint density at radius 3 is 2.65 bits per heavy atom. The Kier molecular flexibility index (Phi) is 7.38. The minimum atomic E-state index is -0.758. The van der Waals surface area contributed by atoms with Gasteiger partial charge >= 0.3 is 231 Å². The average Bonchev–Trinajstić information content (AvgIpc) is 3.24. The first-order valence-electron chi connectivity index (χ1n) is 13.4. The Bertz CT molecular complexity index is 1520. The monoisotopic (exact) mass is 661 g/mol. The number of aryl methyl sites for hydroxylation is 1. The predicted molar refractivity (Wildman–Crippen MR) is 148 cm³/mol. The van der Waals surface area contributed by atoms with Crippen molar-refractivity contribution in [2.45, 2.75) is 87.2 Å². The first kappa shape index (κ1) is 28.4. The standard InChI is InChI=1S/C29H35FIN6O3/c1-14(2)25(30)15(3)35-27(40)23-9-29(7)28(31-29)37(23)24(39)13-36-12-21(17(5)38)20-8-22(34-16(4)26(20)36)19-10-32-18(6)33-11-19/h8,10-12,15,18,23,28,32H,9,13H2,1-7H3,(H,35,40)/q-1/t15-,18?,23-,28-,29+/m0/s1. The molecule has 5 heterocycles. The number of likely N-dealkylation sites (tertiary alicyclic amines) is 1. The molecule has 2 N–H and O–H groups in total. The number of hydrogen-bond donors (Lipinski definition) is 2. The maximum atomic E-state index is 14.4. The molecule has 3 aliphatic rings. The molecule has 2 saturated heterocycles. The van der Waals surface area contributed by atoms with E-state index in [4.69, 9.17) is 4.98 Å². The number of hydrogen-bond acceptors (Lipinski definition) is 6. The van der Waals surface area contributed by atoms with Crippen molar-refractivity contribution in [1.82, 2.24) is 25.1 Å². The first-order chi connectivity index (χ1) is 18.8. The van der Waals surface area contributed by atoms with Crippen molar-refractivity contribution in [3.05, 3.63) is 46.8 Å². The van der Waals surface area contributed by atoms with Crippen molar-refractivity contribution < 1.29 is 40.0 Å². The Labute approximate surface area is 243 Å². The fourth-order valence-electron chi connectivity index (χ4n) is 5.58. The first-order valence-corrected chi connectivity index (χ1v) is 15.7. The third-order valence-electron chi connectivity index (χ3n) is 7.71. The summed E-state index contributed by atoms with van der Waals surface area (Å²) in [4.78, 5) is 50.6. The molecule has 2 amide bonds. The van der Waals surface area contributed by atoms with Gasteiger partial charge in [-0.2, -0.15) is 0 Å². The van der Waals surface area contributed by atoms with Gasteiger partial charge in [-0.25, -0.2) is 0 Å². The van der Waals surface area contributed by atoms with Crippen LogP contribution in [-0.2, 0) is 16.1 Å². The number of ketones is 1.